The van der Waals surface area contributed by atoms with Crippen LogP contribution in [-0.4, -0.2) is 53.0 Å². The maximum absolute atomic E-state index is 11.9. The first-order chi connectivity index (χ1) is 9.41. The first kappa shape index (κ1) is 14.0. The summed E-state index contributed by atoms with van der Waals surface area (Å²) in [6.45, 7) is 0.726. The highest BCUT2D eigenvalue weighted by Gasteiger charge is 2.31. The van der Waals surface area contributed by atoms with Crippen LogP contribution in [0.25, 0.3) is 0 Å². The molecule has 1 atom stereocenters. The molecule has 1 aliphatic rings. The molecule has 2 rings (SSSR count). The second kappa shape index (κ2) is 5.30. The van der Waals surface area contributed by atoms with Crippen LogP contribution < -0.4 is 4.90 Å². The maximum Gasteiger partial charge on any atom is 0.337 e. The zero-order valence-electron chi connectivity index (χ0n) is 10.8. The summed E-state index contributed by atoms with van der Waals surface area (Å²) < 4.78 is 0. The number of carboxylic acids is 1. The number of hydrogen-bond acceptors (Lipinski definition) is 4. The summed E-state index contributed by atoms with van der Waals surface area (Å²) in [7, 11) is 1.54. The van der Waals surface area contributed by atoms with Gasteiger partial charge in [-0.1, -0.05) is 12.1 Å². The number of piperazine rings is 1. The molecular formula is C13H14N2O5. The molecule has 2 amide bonds. The lowest BCUT2D eigenvalue weighted by atomic mass is 10.1. The Morgan fingerprint density at radius 1 is 1.25 bits per heavy atom. The zero-order valence-corrected chi connectivity index (χ0v) is 10.8. The highest BCUT2D eigenvalue weighted by molar-refractivity contribution is 6.40. The van der Waals surface area contributed by atoms with Crippen molar-refractivity contribution in [1.82, 2.24) is 4.90 Å². The van der Waals surface area contributed by atoms with Crippen molar-refractivity contribution in [2.45, 2.75) is 6.10 Å². The second-order valence-corrected chi connectivity index (χ2v) is 4.52. The third-order valence-corrected chi connectivity index (χ3v) is 3.17. The SMILES string of the molecule is CN1CCN(c2cccc(C(O)C(=O)O)c2)C(=O)C1=O. The minimum atomic E-state index is -1.66. The van der Waals surface area contributed by atoms with Crippen LogP contribution in [0.4, 0.5) is 5.69 Å². The number of nitrogens with zero attached hydrogens (tertiary/aromatic N) is 2. The van der Waals surface area contributed by atoms with E-state index in [1.165, 1.54) is 28.0 Å². The molecule has 0 aliphatic carbocycles. The smallest absolute Gasteiger partial charge is 0.337 e. The molecule has 0 aromatic heterocycles. The molecule has 106 valence electrons. The second-order valence-electron chi connectivity index (χ2n) is 4.52. The minimum Gasteiger partial charge on any atom is -0.479 e. The van der Waals surface area contributed by atoms with Gasteiger partial charge in [0.1, 0.15) is 0 Å². The van der Waals surface area contributed by atoms with E-state index in [2.05, 4.69) is 0 Å². The van der Waals surface area contributed by atoms with Crippen LogP contribution >= 0.6 is 0 Å². The summed E-state index contributed by atoms with van der Waals surface area (Å²) in [6.07, 6.45) is -1.66. The van der Waals surface area contributed by atoms with E-state index in [1.807, 2.05) is 0 Å². The maximum atomic E-state index is 11.9. The fourth-order valence-electron chi connectivity index (χ4n) is 1.98. The van der Waals surface area contributed by atoms with Crippen molar-refractivity contribution in [2.75, 3.05) is 25.0 Å². The Kier molecular flexibility index (Phi) is 3.71. The molecule has 0 radical (unpaired) electrons. The summed E-state index contributed by atoms with van der Waals surface area (Å²) in [5.41, 5.74) is 0.559. The van der Waals surface area contributed by atoms with E-state index in [-0.39, 0.29) is 5.56 Å². The first-order valence-corrected chi connectivity index (χ1v) is 5.99. The Balaban J connectivity index is 2.30. The van der Waals surface area contributed by atoms with Crippen molar-refractivity contribution in [2.24, 2.45) is 0 Å². The Bertz CT molecular complexity index is 572. The monoisotopic (exact) mass is 278 g/mol. The average molecular weight is 278 g/mol. The average Bonchev–Trinajstić information content (AvgIpc) is 2.44. The quantitative estimate of drug-likeness (QED) is 0.734. The summed E-state index contributed by atoms with van der Waals surface area (Å²) in [5, 5.41) is 18.3. The van der Waals surface area contributed by atoms with Gasteiger partial charge < -0.3 is 20.0 Å². The van der Waals surface area contributed by atoms with Gasteiger partial charge in [-0.05, 0) is 17.7 Å². The molecule has 0 bridgehead atoms. The van der Waals surface area contributed by atoms with Crippen LogP contribution in [-0.2, 0) is 14.4 Å². The standard InChI is InChI=1S/C13H14N2O5/c1-14-5-6-15(12(18)11(14)17)9-4-2-3-8(7-9)10(16)13(19)20/h2-4,7,10,16H,5-6H2,1H3,(H,19,20). The van der Waals surface area contributed by atoms with Gasteiger partial charge in [-0.25, -0.2) is 4.79 Å². The van der Waals surface area contributed by atoms with E-state index in [0.29, 0.717) is 18.8 Å². The Labute approximate surface area is 115 Å². The number of aliphatic hydroxyl groups is 1. The van der Waals surface area contributed by atoms with E-state index in [4.69, 9.17) is 5.11 Å². The van der Waals surface area contributed by atoms with Gasteiger partial charge in [-0.15, -0.1) is 0 Å². The van der Waals surface area contributed by atoms with Crippen LogP contribution in [0.1, 0.15) is 11.7 Å². The molecule has 0 spiro atoms. The molecule has 1 heterocycles. The van der Waals surface area contributed by atoms with Crippen molar-refractivity contribution in [3.05, 3.63) is 29.8 Å². The number of benzene rings is 1. The van der Waals surface area contributed by atoms with Gasteiger partial charge in [0, 0.05) is 25.8 Å². The van der Waals surface area contributed by atoms with Gasteiger partial charge in [0.2, 0.25) is 0 Å². The van der Waals surface area contributed by atoms with Gasteiger partial charge in [0.25, 0.3) is 0 Å². The lowest BCUT2D eigenvalue weighted by Crippen LogP contribution is -2.53. The normalized spacial score (nSPS) is 17.3. The summed E-state index contributed by atoms with van der Waals surface area (Å²) in [4.78, 5) is 36.9. The third kappa shape index (κ3) is 2.48. The molecule has 0 saturated carbocycles. The van der Waals surface area contributed by atoms with Crippen molar-refractivity contribution in [1.29, 1.82) is 0 Å². The van der Waals surface area contributed by atoms with Gasteiger partial charge in [0.05, 0.1) is 0 Å². The number of amides is 2. The van der Waals surface area contributed by atoms with E-state index in [9.17, 15) is 19.5 Å². The lowest BCUT2D eigenvalue weighted by Gasteiger charge is -2.31. The molecule has 7 heteroatoms. The number of hydrogen-bond donors (Lipinski definition) is 2. The predicted octanol–water partition coefficient (Wildman–Crippen LogP) is -0.390. The van der Waals surface area contributed by atoms with E-state index in [0.717, 1.165) is 0 Å². The molecule has 1 aromatic carbocycles. The van der Waals surface area contributed by atoms with E-state index in [1.54, 1.807) is 13.1 Å². The molecular weight excluding hydrogens is 264 g/mol. The number of aliphatic hydroxyl groups excluding tert-OH is 1. The topological polar surface area (TPSA) is 98.2 Å². The number of carboxylic acid groups (broad SMARTS) is 1. The molecule has 1 aliphatic heterocycles. The lowest BCUT2D eigenvalue weighted by molar-refractivity contribution is -0.147. The van der Waals surface area contributed by atoms with Crippen LogP contribution in [0.15, 0.2) is 24.3 Å². The first-order valence-electron chi connectivity index (χ1n) is 5.99. The number of carbonyl (C=O) groups excluding carboxylic acids is 2. The van der Waals surface area contributed by atoms with Crippen molar-refractivity contribution in [3.63, 3.8) is 0 Å². The van der Waals surface area contributed by atoms with Gasteiger partial charge in [-0.2, -0.15) is 0 Å². The van der Waals surface area contributed by atoms with E-state index >= 15 is 0 Å². The molecule has 7 nitrogen and oxygen atoms in total. The number of rotatable bonds is 3. The number of anilines is 1. The Hall–Kier alpha value is -2.41. The van der Waals surface area contributed by atoms with Crippen LogP contribution in [0, 0.1) is 0 Å². The third-order valence-electron chi connectivity index (χ3n) is 3.17. The number of aliphatic carboxylic acids is 1. The predicted molar refractivity (Wildman–Crippen MR) is 69.0 cm³/mol. The van der Waals surface area contributed by atoms with Crippen molar-refractivity contribution < 1.29 is 24.6 Å². The molecule has 1 fully saturated rings. The summed E-state index contributed by atoms with van der Waals surface area (Å²) in [5.74, 6) is -2.65. The van der Waals surface area contributed by atoms with Gasteiger partial charge in [-0.3, -0.25) is 9.59 Å². The Morgan fingerprint density at radius 2 is 1.95 bits per heavy atom. The largest absolute Gasteiger partial charge is 0.479 e. The van der Waals surface area contributed by atoms with E-state index < -0.39 is 23.9 Å². The molecule has 20 heavy (non-hydrogen) atoms. The molecule has 2 N–H and O–H groups in total. The summed E-state index contributed by atoms with van der Waals surface area (Å²) in [6, 6.07) is 5.97. The zero-order chi connectivity index (χ0) is 14.9. The van der Waals surface area contributed by atoms with Crippen LogP contribution in [0.2, 0.25) is 0 Å². The number of likely N-dealkylation sites (N-methyl/N-ethyl adjacent to an activating group) is 1. The Morgan fingerprint density at radius 3 is 2.60 bits per heavy atom. The van der Waals surface area contributed by atoms with Crippen molar-refractivity contribution in [3.8, 4) is 0 Å². The number of carbonyl (C=O) groups is 3. The molecule has 1 unspecified atom stereocenters. The molecule has 1 saturated heterocycles. The summed E-state index contributed by atoms with van der Waals surface area (Å²) >= 11 is 0. The van der Waals surface area contributed by atoms with Crippen LogP contribution in [0.3, 0.4) is 0 Å². The molecule has 1 aromatic rings. The highest BCUT2D eigenvalue weighted by atomic mass is 16.4. The highest BCUT2D eigenvalue weighted by Crippen LogP contribution is 2.22. The fourth-order valence-corrected chi connectivity index (χ4v) is 1.98. The van der Waals surface area contributed by atoms with Gasteiger partial charge in [0.15, 0.2) is 6.10 Å². The van der Waals surface area contributed by atoms with Crippen molar-refractivity contribution >= 4 is 23.5 Å². The van der Waals surface area contributed by atoms with Crippen LogP contribution in [0.5, 0.6) is 0 Å². The van der Waals surface area contributed by atoms with Gasteiger partial charge >= 0.3 is 17.8 Å². The minimum absolute atomic E-state index is 0.161. The fraction of sp³-hybridized carbons (Fsp3) is 0.308.